The van der Waals surface area contributed by atoms with Crippen molar-refractivity contribution in [2.45, 2.75) is 24.9 Å². The molecule has 0 saturated carbocycles. The van der Waals surface area contributed by atoms with Gasteiger partial charge in [-0.3, -0.25) is 9.59 Å². The standard InChI is InChI=1S/C21H21Cl2NO4/c22-16-6-7-17(18(23)12-16)21(8-10-27-11-9-21)20(26)24-13-19(25)28-14-15-4-2-1-3-5-15/h1-7,12H,8-11,13-14H2,(H,24,26). The highest BCUT2D eigenvalue weighted by Gasteiger charge is 2.43. The maximum absolute atomic E-state index is 13.1. The summed E-state index contributed by atoms with van der Waals surface area (Å²) in [6.07, 6.45) is 0.943. The third kappa shape index (κ3) is 4.85. The molecule has 7 heteroatoms. The second-order valence-electron chi connectivity index (χ2n) is 6.65. The molecule has 0 radical (unpaired) electrons. The van der Waals surface area contributed by atoms with Crippen molar-refractivity contribution < 1.29 is 19.1 Å². The Bertz CT molecular complexity index is 836. The molecule has 1 N–H and O–H groups in total. The molecule has 1 heterocycles. The second-order valence-corrected chi connectivity index (χ2v) is 7.49. The van der Waals surface area contributed by atoms with Gasteiger partial charge in [-0.25, -0.2) is 0 Å². The zero-order valence-electron chi connectivity index (χ0n) is 15.3. The van der Waals surface area contributed by atoms with Gasteiger partial charge in [0.15, 0.2) is 0 Å². The van der Waals surface area contributed by atoms with Crippen LogP contribution in [-0.4, -0.2) is 31.6 Å². The molecule has 28 heavy (non-hydrogen) atoms. The summed E-state index contributed by atoms with van der Waals surface area (Å²) in [6.45, 7) is 0.826. The quantitative estimate of drug-likeness (QED) is 0.718. The molecule has 0 aromatic heterocycles. The number of rotatable bonds is 6. The lowest BCUT2D eigenvalue weighted by atomic mass is 9.73. The van der Waals surface area contributed by atoms with Gasteiger partial charge in [0.1, 0.15) is 13.2 Å². The molecule has 2 aromatic rings. The maximum Gasteiger partial charge on any atom is 0.325 e. The van der Waals surface area contributed by atoms with Crippen molar-refractivity contribution in [1.82, 2.24) is 5.32 Å². The van der Waals surface area contributed by atoms with Crippen LogP contribution >= 0.6 is 23.2 Å². The number of carbonyl (C=O) groups excluding carboxylic acids is 2. The van der Waals surface area contributed by atoms with Crippen molar-refractivity contribution in [1.29, 1.82) is 0 Å². The van der Waals surface area contributed by atoms with Crippen LogP contribution in [0.15, 0.2) is 48.5 Å². The maximum atomic E-state index is 13.1. The molecule has 0 bridgehead atoms. The number of amides is 1. The topological polar surface area (TPSA) is 64.6 Å². The fraction of sp³-hybridized carbons (Fsp3) is 0.333. The fourth-order valence-corrected chi connectivity index (χ4v) is 3.92. The van der Waals surface area contributed by atoms with Crippen LogP contribution in [0.5, 0.6) is 0 Å². The van der Waals surface area contributed by atoms with Crippen LogP contribution in [0.1, 0.15) is 24.0 Å². The first-order valence-electron chi connectivity index (χ1n) is 9.02. The molecular formula is C21H21Cl2NO4. The van der Waals surface area contributed by atoms with E-state index in [9.17, 15) is 9.59 Å². The Labute approximate surface area is 173 Å². The third-order valence-corrected chi connectivity index (χ3v) is 5.41. The van der Waals surface area contributed by atoms with Crippen LogP contribution in [0.2, 0.25) is 10.0 Å². The lowest BCUT2D eigenvalue weighted by molar-refractivity contribution is -0.146. The summed E-state index contributed by atoms with van der Waals surface area (Å²) >= 11 is 12.4. The SMILES string of the molecule is O=C(CNC(=O)C1(c2ccc(Cl)cc2Cl)CCOCC1)OCc1ccccc1. The molecule has 148 valence electrons. The van der Waals surface area contributed by atoms with Crippen molar-refractivity contribution in [3.63, 3.8) is 0 Å². The van der Waals surface area contributed by atoms with Gasteiger partial charge in [0.25, 0.3) is 0 Å². The molecule has 0 aliphatic carbocycles. The Hall–Kier alpha value is -2.08. The summed E-state index contributed by atoms with van der Waals surface area (Å²) in [7, 11) is 0. The normalized spacial score (nSPS) is 15.6. The summed E-state index contributed by atoms with van der Waals surface area (Å²) in [6, 6.07) is 14.5. The van der Waals surface area contributed by atoms with Crippen LogP contribution in [-0.2, 0) is 31.1 Å². The Kier molecular flexibility index (Phi) is 6.94. The fourth-order valence-electron chi connectivity index (χ4n) is 3.33. The van der Waals surface area contributed by atoms with Crippen LogP contribution in [0.3, 0.4) is 0 Å². The highest BCUT2D eigenvalue weighted by Crippen LogP contribution is 2.39. The largest absolute Gasteiger partial charge is 0.460 e. The van der Waals surface area contributed by atoms with E-state index in [1.54, 1.807) is 18.2 Å². The smallest absolute Gasteiger partial charge is 0.325 e. The Morgan fingerprint density at radius 3 is 2.46 bits per heavy atom. The first-order valence-corrected chi connectivity index (χ1v) is 9.78. The minimum atomic E-state index is -0.861. The molecule has 1 aliphatic rings. The first kappa shape index (κ1) is 20.6. The van der Waals surface area contributed by atoms with E-state index in [0.29, 0.717) is 41.7 Å². The molecule has 0 unspecified atom stereocenters. The van der Waals surface area contributed by atoms with Gasteiger partial charge in [-0.15, -0.1) is 0 Å². The molecule has 1 amide bonds. The minimum Gasteiger partial charge on any atom is -0.460 e. The molecule has 5 nitrogen and oxygen atoms in total. The lowest BCUT2D eigenvalue weighted by Crippen LogP contribution is -2.49. The number of halogens is 2. The van der Waals surface area contributed by atoms with E-state index in [1.807, 2.05) is 30.3 Å². The van der Waals surface area contributed by atoms with Gasteiger partial charge in [-0.05, 0) is 36.1 Å². The number of esters is 1. The van der Waals surface area contributed by atoms with Crippen LogP contribution in [0.25, 0.3) is 0 Å². The van der Waals surface area contributed by atoms with Gasteiger partial charge in [0, 0.05) is 23.3 Å². The van der Waals surface area contributed by atoms with Gasteiger partial charge in [-0.1, -0.05) is 59.6 Å². The molecule has 1 aliphatic heterocycles. The van der Waals surface area contributed by atoms with Crippen molar-refractivity contribution in [2.75, 3.05) is 19.8 Å². The number of hydrogen-bond donors (Lipinski definition) is 1. The van der Waals surface area contributed by atoms with Crippen molar-refractivity contribution in [3.05, 3.63) is 69.7 Å². The number of benzene rings is 2. The van der Waals surface area contributed by atoms with Crippen molar-refractivity contribution in [2.24, 2.45) is 0 Å². The Balaban J connectivity index is 1.66. The number of carbonyl (C=O) groups is 2. The van der Waals surface area contributed by atoms with Crippen LogP contribution in [0, 0.1) is 0 Å². The summed E-state index contributed by atoms with van der Waals surface area (Å²) in [5.41, 5.74) is 0.715. The number of ether oxygens (including phenoxy) is 2. The molecular weight excluding hydrogens is 401 g/mol. The van der Waals surface area contributed by atoms with E-state index in [0.717, 1.165) is 5.56 Å². The van der Waals surface area contributed by atoms with Crippen LogP contribution < -0.4 is 5.32 Å². The second kappa shape index (κ2) is 9.41. The number of nitrogens with one attached hydrogen (secondary N) is 1. The molecule has 0 atom stereocenters. The van der Waals surface area contributed by atoms with Crippen molar-refractivity contribution in [3.8, 4) is 0 Å². The highest BCUT2D eigenvalue weighted by molar-refractivity contribution is 6.35. The molecule has 2 aromatic carbocycles. The molecule has 3 rings (SSSR count). The summed E-state index contributed by atoms with van der Waals surface area (Å²) in [5, 5.41) is 3.64. The van der Waals surface area contributed by atoms with E-state index in [-0.39, 0.29) is 19.1 Å². The lowest BCUT2D eigenvalue weighted by Gasteiger charge is -2.36. The van der Waals surface area contributed by atoms with E-state index < -0.39 is 11.4 Å². The Morgan fingerprint density at radius 2 is 1.79 bits per heavy atom. The summed E-state index contributed by atoms with van der Waals surface area (Å²) in [4.78, 5) is 25.1. The van der Waals surface area contributed by atoms with E-state index >= 15 is 0 Å². The first-order chi connectivity index (χ1) is 13.5. The predicted octanol–water partition coefficient (Wildman–Crippen LogP) is 3.90. The van der Waals surface area contributed by atoms with Crippen LogP contribution in [0.4, 0.5) is 0 Å². The average molecular weight is 422 g/mol. The molecule has 0 spiro atoms. The van der Waals surface area contributed by atoms with E-state index in [4.69, 9.17) is 32.7 Å². The Morgan fingerprint density at radius 1 is 1.07 bits per heavy atom. The minimum absolute atomic E-state index is 0.164. The average Bonchev–Trinajstić information content (AvgIpc) is 2.71. The van der Waals surface area contributed by atoms with Gasteiger partial charge >= 0.3 is 5.97 Å². The zero-order chi connectivity index (χ0) is 20.0. The predicted molar refractivity (Wildman–Crippen MR) is 107 cm³/mol. The number of hydrogen-bond acceptors (Lipinski definition) is 4. The van der Waals surface area contributed by atoms with E-state index in [1.165, 1.54) is 0 Å². The van der Waals surface area contributed by atoms with Gasteiger partial charge in [0.05, 0.1) is 5.41 Å². The highest BCUT2D eigenvalue weighted by atomic mass is 35.5. The summed E-state index contributed by atoms with van der Waals surface area (Å²) in [5.74, 6) is -0.765. The zero-order valence-corrected chi connectivity index (χ0v) is 16.8. The van der Waals surface area contributed by atoms with Crippen molar-refractivity contribution >= 4 is 35.1 Å². The van der Waals surface area contributed by atoms with Gasteiger partial charge in [0.2, 0.25) is 5.91 Å². The van der Waals surface area contributed by atoms with Gasteiger partial charge in [-0.2, -0.15) is 0 Å². The third-order valence-electron chi connectivity index (χ3n) is 4.86. The van der Waals surface area contributed by atoms with E-state index in [2.05, 4.69) is 5.32 Å². The molecule has 1 fully saturated rings. The summed E-state index contributed by atoms with van der Waals surface area (Å²) < 4.78 is 10.7. The van der Waals surface area contributed by atoms with Gasteiger partial charge < -0.3 is 14.8 Å². The monoisotopic (exact) mass is 421 g/mol. The molecule has 1 saturated heterocycles.